The number of H-pyrrole nitrogens is 2. The number of benzene rings is 2. The van der Waals surface area contributed by atoms with Crippen molar-refractivity contribution >= 4 is 11.6 Å². The lowest BCUT2D eigenvalue weighted by molar-refractivity contribution is -0.130. The van der Waals surface area contributed by atoms with Crippen molar-refractivity contribution in [2.24, 2.45) is 5.92 Å². The van der Waals surface area contributed by atoms with E-state index in [1.165, 1.54) is 0 Å². The second-order valence-corrected chi connectivity index (χ2v) is 7.23. The van der Waals surface area contributed by atoms with Crippen LogP contribution in [-0.4, -0.2) is 26.8 Å². The predicted molar refractivity (Wildman–Crippen MR) is 103 cm³/mol. The van der Waals surface area contributed by atoms with Crippen LogP contribution in [0.1, 0.15) is 29.7 Å². The zero-order valence-corrected chi connectivity index (χ0v) is 14.9. The van der Waals surface area contributed by atoms with Gasteiger partial charge in [-0.2, -0.15) is 0 Å². The van der Waals surface area contributed by atoms with Crippen molar-refractivity contribution in [2.45, 2.75) is 24.9 Å². The molecule has 0 aliphatic heterocycles. The SMILES string of the molecule is CC1(O)Cc2[nH][nH]c(=O)c2C(c2ccccc2)C1C(=O)Nc1ccccc1. The molecule has 1 aliphatic carbocycles. The topological polar surface area (TPSA) is 98.0 Å². The third-order valence-electron chi connectivity index (χ3n) is 5.23. The van der Waals surface area contributed by atoms with E-state index in [1.807, 2.05) is 48.5 Å². The summed E-state index contributed by atoms with van der Waals surface area (Å²) in [5.74, 6) is -1.68. The first-order valence-corrected chi connectivity index (χ1v) is 8.90. The van der Waals surface area contributed by atoms with Crippen LogP contribution in [0, 0.1) is 5.92 Å². The number of rotatable bonds is 3. The van der Waals surface area contributed by atoms with Gasteiger partial charge >= 0.3 is 0 Å². The molecule has 3 aromatic rings. The number of fused-ring (bicyclic) bond motifs is 1. The molecule has 4 N–H and O–H groups in total. The highest BCUT2D eigenvalue weighted by Crippen LogP contribution is 2.44. The van der Waals surface area contributed by atoms with Gasteiger partial charge in [-0.25, -0.2) is 0 Å². The molecule has 0 bridgehead atoms. The van der Waals surface area contributed by atoms with Gasteiger partial charge in [0.2, 0.25) is 5.91 Å². The summed E-state index contributed by atoms with van der Waals surface area (Å²) in [5.41, 5.74) is 1.05. The van der Waals surface area contributed by atoms with Gasteiger partial charge in [-0.05, 0) is 24.6 Å². The Morgan fingerprint density at radius 3 is 2.37 bits per heavy atom. The lowest BCUT2D eigenvalue weighted by atomic mass is 9.66. The van der Waals surface area contributed by atoms with Gasteiger partial charge in [0.1, 0.15) is 0 Å². The van der Waals surface area contributed by atoms with Gasteiger partial charge in [0.25, 0.3) is 5.56 Å². The lowest BCUT2D eigenvalue weighted by Gasteiger charge is -2.41. The minimum Gasteiger partial charge on any atom is -0.389 e. The van der Waals surface area contributed by atoms with Crippen molar-refractivity contribution in [1.29, 1.82) is 0 Å². The van der Waals surface area contributed by atoms with Gasteiger partial charge in [-0.3, -0.25) is 14.7 Å². The van der Waals surface area contributed by atoms with E-state index >= 15 is 0 Å². The van der Waals surface area contributed by atoms with Crippen LogP contribution in [0.2, 0.25) is 0 Å². The fourth-order valence-corrected chi connectivity index (χ4v) is 4.06. The second kappa shape index (κ2) is 6.55. The first kappa shape index (κ1) is 17.3. The minimum absolute atomic E-state index is 0.192. The highest BCUT2D eigenvalue weighted by atomic mass is 16.3. The Balaban J connectivity index is 1.82. The zero-order chi connectivity index (χ0) is 19.0. The number of hydrogen-bond donors (Lipinski definition) is 4. The average Bonchev–Trinajstić information content (AvgIpc) is 3.01. The first-order valence-electron chi connectivity index (χ1n) is 8.90. The summed E-state index contributed by atoms with van der Waals surface area (Å²) in [6.45, 7) is 1.65. The molecular weight excluding hydrogens is 342 g/mol. The highest BCUT2D eigenvalue weighted by molar-refractivity contribution is 5.94. The van der Waals surface area contributed by atoms with E-state index in [1.54, 1.807) is 19.1 Å². The fraction of sp³-hybridized carbons (Fsp3) is 0.238. The number of aromatic amines is 2. The number of nitrogens with one attached hydrogen (secondary N) is 3. The van der Waals surface area contributed by atoms with Crippen molar-refractivity contribution in [3.05, 3.63) is 87.8 Å². The third-order valence-corrected chi connectivity index (χ3v) is 5.23. The summed E-state index contributed by atoms with van der Waals surface area (Å²) in [6.07, 6.45) is 0.192. The van der Waals surface area contributed by atoms with Gasteiger partial charge in [0, 0.05) is 29.3 Å². The molecule has 0 spiro atoms. The largest absolute Gasteiger partial charge is 0.389 e. The third kappa shape index (κ3) is 3.08. The maximum absolute atomic E-state index is 13.2. The van der Waals surface area contributed by atoms with E-state index in [2.05, 4.69) is 15.5 Å². The maximum atomic E-state index is 13.2. The summed E-state index contributed by atoms with van der Waals surface area (Å²) in [7, 11) is 0. The Hall–Kier alpha value is -3.12. The van der Waals surface area contributed by atoms with Crippen molar-refractivity contribution in [3.63, 3.8) is 0 Å². The molecular formula is C21H21N3O3. The molecule has 1 heterocycles. The van der Waals surface area contributed by atoms with E-state index in [-0.39, 0.29) is 17.9 Å². The molecule has 2 aromatic carbocycles. The highest BCUT2D eigenvalue weighted by Gasteiger charge is 2.50. The van der Waals surface area contributed by atoms with Gasteiger partial charge in [0.15, 0.2) is 0 Å². The van der Waals surface area contributed by atoms with Crippen molar-refractivity contribution in [2.75, 3.05) is 5.32 Å². The normalized spacial score (nSPS) is 24.2. The van der Waals surface area contributed by atoms with E-state index in [9.17, 15) is 14.7 Å². The molecule has 1 amide bonds. The number of aliphatic hydroxyl groups is 1. The van der Waals surface area contributed by atoms with E-state index in [4.69, 9.17) is 0 Å². The molecule has 6 nitrogen and oxygen atoms in total. The van der Waals surface area contributed by atoms with Crippen LogP contribution >= 0.6 is 0 Å². The Morgan fingerprint density at radius 1 is 1.07 bits per heavy atom. The molecule has 1 aliphatic rings. The number of amides is 1. The molecule has 3 atom stereocenters. The summed E-state index contributed by atoms with van der Waals surface area (Å²) in [5, 5.41) is 19.5. The average molecular weight is 363 g/mol. The van der Waals surface area contributed by atoms with Gasteiger partial charge in [-0.1, -0.05) is 48.5 Å². The quantitative estimate of drug-likeness (QED) is 0.575. The number of para-hydroxylation sites is 1. The van der Waals surface area contributed by atoms with Crippen LogP contribution in [0.3, 0.4) is 0 Å². The molecule has 138 valence electrons. The van der Waals surface area contributed by atoms with Crippen molar-refractivity contribution in [1.82, 2.24) is 10.2 Å². The van der Waals surface area contributed by atoms with E-state index in [0.29, 0.717) is 16.9 Å². The Kier molecular flexibility index (Phi) is 4.20. The summed E-state index contributed by atoms with van der Waals surface area (Å²) >= 11 is 0. The van der Waals surface area contributed by atoms with Crippen LogP contribution in [0.25, 0.3) is 0 Å². The molecule has 1 aromatic heterocycles. The maximum Gasteiger partial charge on any atom is 0.267 e. The fourth-order valence-electron chi connectivity index (χ4n) is 4.06. The summed E-state index contributed by atoms with van der Waals surface area (Å²) in [6, 6.07) is 18.5. The Morgan fingerprint density at radius 2 is 1.70 bits per heavy atom. The Bertz CT molecular complexity index is 1010. The summed E-state index contributed by atoms with van der Waals surface area (Å²) < 4.78 is 0. The molecule has 0 saturated carbocycles. The smallest absolute Gasteiger partial charge is 0.267 e. The first-order chi connectivity index (χ1) is 13.0. The standard InChI is InChI=1S/C21H21N3O3/c1-21(27)12-15-17(19(25)24-23-15)16(13-8-4-2-5-9-13)18(21)20(26)22-14-10-6-3-7-11-14/h2-11,16,18,27H,12H2,1H3,(H,22,26)(H2,23,24,25). The van der Waals surface area contributed by atoms with Gasteiger partial charge in [0.05, 0.1) is 11.5 Å². The van der Waals surface area contributed by atoms with E-state index < -0.39 is 17.4 Å². The predicted octanol–water partition coefficient (Wildman–Crippen LogP) is 2.40. The number of anilines is 1. The van der Waals surface area contributed by atoms with Crippen molar-refractivity contribution in [3.8, 4) is 0 Å². The molecule has 27 heavy (non-hydrogen) atoms. The molecule has 3 unspecified atom stereocenters. The number of hydrogen-bond acceptors (Lipinski definition) is 3. The monoisotopic (exact) mass is 363 g/mol. The lowest BCUT2D eigenvalue weighted by Crippen LogP contribution is -2.51. The van der Waals surface area contributed by atoms with E-state index in [0.717, 1.165) is 5.56 Å². The van der Waals surface area contributed by atoms with Crippen LogP contribution in [0.15, 0.2) is 65.5 Å². The molecule has 4 rings (SSSR count). The summed E-state index contributed by atoms with van der Waals surface area (Å²) in [4.78, 5) is 25.7. The number of carbonyl (C=O) groups excluding carboxylic acids is 1. The number of aromatic nitrogens is 2. The number of carbonyl (C=O) groups is 1. The Labute approximate surface area is 156 Å². The molecule has 6 heteroatoms. The molecule has 0 radical (unpaired) electrons. The van der Waals surface area contributed by atoms with Crippen LogP contribution in [0.5, 0.6) is 0 Å². The molecule has 0 fully saturated rings. The van der Waals surface area contributed by atoms with Crippen LogP contribution in [0.4, 0.5) is 5.69 Å². The van der Waals surface area contributed by atoms with Gasteiger partial charge in [-0.15, -0.1) is 0 Å². The van der Waals surface area contributed by atoms with Gasteiger partial charge < -0.3 is 15.5 Å². The van der Waals surface area contributed by atoms with Crippen molar-refractivity contribution < 1.29 is 9.90 Å². The molecule has 0 saturated heterocycles. The zero-order valence-electron chi connectivity index (χ0n) is 14.9. The van der Waals surface area contributed by atoms with Crippen LogP contribution < -0.4 is 10.9 Å². The van der Waals surface area contributed by atoms with Crippen LogP contribution in [-0.2, 0) is 11.2 Å². The second-order valence-electron chi connectivity index (χ2n) is 7.23. The minimum atomic E-state index is -1.32.